The van der Waals surface area contributed by atoms with Crippen molar-refractivity contribution in [3.8, 4) is 0 Å². The van der Waals surface area contributed by atoms with Crippen LogP contribution in [0.4, 0.5) is 4.79 Å². The predicted molar refractivity (Wildman–Crippen MR) is 71.3 cm³/mol. The van der Waals surface area contributed by atoms with Gasteiger partial charge in [0.05, 0.1) is 5.70 Å². The molecule has 3 aliphatic rings. The third-order valence-electron chi connectivity index (χ3n) is 3.75. The number of carbonyl (C=O) groups is 1. The fourth-order valence-corrected chi connectivity index (χ4v) is 3.08. The normalized spacial score (nSPS) is 25.0. The quantitative estimate of drug-likeness (QED) is 0.769. The highest BCUT2D eigenvalue weighted by atomic mass is 35.5. The summed E-state index contributed by atoms with van der Waals surface area (Å²) in [5.74, 6) is 0.684. The van der Waals surface area contributed by atoms with Gasteiger partial charge in [-0.1, -0.05) is 6.08 Å². The van der Waals surface area contributed by atoms with Crippen molar-refractivity contribution in [2.75, 3.05) is 6.54 Å². The van der Waals surface area contributed by atoms with Crippen LogP contribution in [-0.2, 0) is 0 Å². The molecular weight excluding hydrogens is 252 g/mol. The van der Waals surface area contributed by atoms with Gasteiger partial charge in [0.1, 0.15) is 0 Å². The number of hydrogen-bond acceptors (Lipinski definition) is 2. The molecule has 1 saturated heterocycles. The van der Waals surface area contributed by atoms with Crippen LogP contribution in [0.25, 0.3) is 0 Å². The molecule has 0 spiro atoms. The third kappa shape index (κ3) is 2.25. The van der Waals surface area contributed by atoms with Crippen molar-refractivity contribution < 1.29 is 9.90 Å². The van der Waals surface area contributed by atoms with Crippen LogP contribution in [0.3, 0.4) is 0 Å². The summed E-state index contributed by atoms with van der Waals surface area (Å²) in [6, 6.07) is 0. The zero-order chi connectivity index (χ0) is 11.8. The lowest BCUT2D eigenvalue weighted by Gasteiger charge is -2.25. The van der Waals surface area contributed by atoms with Crippen LogP contribution in [0.5, 0.6) is 0 Å². The number of hydrogen-bond donors (Lipinski definition) is 2. The van der Waals surface area contributed by atoms with Gasteiger partial charge in [0.25, 0.3) is 0 Å². The van der Waals surface area contributed by atoms with Crippen molar-refractivity contribution in [3.05, 3.63) is 35.3 Å². The SMILES string of the molecule is Cl.O=C(O)NC1=CN2CCC3CCCC(=C32)C=C1. The van der Waals surface area contributed by atoms with Gasteiger partial charge in [-0.25, -0.2) is 4.79 Å². The van der Waals surface area contributed by atoms with Crippen molar-refractivity contribution >= 4 is 18.5 Å². The molecule has 0 saturated carbocycles. The van der Waals surface area contributed by atoms with E-state index < -0.39 is 6.09 Å². The Morgan fingerprint density at radius 1 is 1.39 bits per heavy atom. The molecule has 0 bridgehead atoms. The summed E-state index contributed by atoms with van der Waals surface area (Å²) in [4.78, 5) is 12.9. The van der Waals surface area contributed by atoms with E-state index in [0.29, 0.717) is 11.6 Å². The molecule has 2 heterocycles. The lowest BCUT2D eigenvalue weighted by atomic mass is 9.87. The Labute approximate surface area is 112 Å². The van der Waals surface area contributed by atoms with Crippen molar-refractivity contribution in [3.63, 3.8) is 0 Å². The van der Waals surface area contributed by atoms with Crippen LogP contribution in [0.1, 0.15) is 25.7 Å². The summed E-state index contributed by atoms with van der Waals surface area (Å²) < 4.78 is 0. The first-order chi connectivity index (χ1) is 8.24. The molecule has 2 N–H and O–H groups in total. The Balaban J connectivity index is 0.00000120. The van der Waals surface area contributed by atoms with Gasteiger partial charge < -0.3 is 10.0 Å². The first-order valence-corrected chi connectivity index (χ1v) is 6.13. The van der Waals surface area contributed by atoms with E-state index in [4.69, 9.17) is 5.11 Å². The molecule has 1 unspecified atom stereocenters. The van der Waals surface area contributed by atoms with Crippen LogP contribution >= 0.6 is 12.4 Å². The van der Waals surface area contributed by atoms with E-state index >= 15 is 0 Å². The molecule has 2 aliphatic heterocycles. The lowest BCUT2D eigenvalue weighted by molar-refractivity contribution is 0.197. The Morgan fingerprint density at radius 2 is 2.22 bits per heavy atom. The van der Waals surface area contributed by atoms with Gasteiger partial charge in [-0.2, -0.15) is 0 Å². The summed E-state index contributed by atoms with van der Waals surface area (Å²) in [7, 11) is 0. The molecule has 1 fully saturated rings. The number of nitrogens with zero attached hydrogens (tertiary/aromatic N) is 1. The van der Waals surface area contributed by atoms with Crippen LogP contribution < -0.4 is 5.32 Å². The molecule has 0 radical (unpaired) electrons. The topological polar surface area (TPSA) is 52.6 Å². The largest absolute Gasteiger partial charge is 0.465 e. The van der Waals surface area contributed by atoms with E-state index in [1.165, 1.54) is 30.5 Å². The Bertz CT molecular complexity index is 454. The van der Waals surface area contributed by atoms with Crippen molar-refractivity contribution in [1.82, 2.24) is 10.2 Å². The summed E-state index contributed by atoms with van der Waals surface area (Å²) in [6.07, 6.45) is 9.72. The molecule has 18 heavy (non-hydrogen) atoms. The summed E-state index contributed by atoms with van der Waals surface area (Å²) in [5.41, 5.74) is 3.47. The minimum atomic E-state index is -1.00. The maximum Gasteiger partial charge on any atom is 0.409 e. The average Bonchev–Trinajstić information content (AvgIpc) is 2.60. The Hall–Kier alpha value is -1.42. The molecule has 0 aromatic heterocycles. The van der Waals surface area contributed by atoms with Gasteiger partial charge in [-0.15, -0.1) is 12.4 Å². The fraction of sp³-hybridized carbons (Fsp3) is 0.462. The van der Waals surface area contributed by atoms with Gasteiger partial charge in [0, 0.05) is 24.4 Å². The van der Waals surface area contributed by atoms with Crippen molar-refractivity contribution in [1.29, 1.82) is 0 Å². The van der Waals surface area contributed by atoms with Gasteiger partial charge >= 0.3 is 6.09 Å². The first-order valence-electron chi connectivity index (χ1n) is 6.13. The average molecular weight is 269 g/mol. The van der Waals surface area contributed by atoms with Gasteiger partial charge in [0.15, 0.2) is 0 Å². The second-order valence-electron chi connectivity index (χ2n) is 4.83. The molecule has 1 aliphatic carbocycles. The standard InChI is InChI=1S/C13H16N2O2.ClH/c16-13(17)14-11-5-4-9-2-1-3-10-6-7-15(8-11)12(9)10;/h4-5,8,10,14H,1-3,6-7H2,(H,16,17);1H. The van der Waals surface area contributed by atoms with E-state index in [2.05, 4.69) is 16.3 Å². The monoisotopic (exact) mass is 268 g/mol. The summed E-state index contributed by atoms with van der Waals surface area (Å²) >= 11 is 0. The Morgan fingerprint density at radius 3 is 3.00 bits per heavy atom. The molecule has 4 nitrogen and oxygen atoms in total. The minimum Gasteiger partial charge on any atom is -0.465 e. The lowest BCUT2D eigenvalue weighted by Crippen LogP contribution is -2.22. The Kier molecular flexibility index (Phi) is 3.66. The number of rotatable bonds is 1. The van der Waals surface area contributed by atoms with Gasteiger partial charge in [0.2, 0.25) is 0 Å². The molecule has 0 aromatic rings. The first kappa shape index (κ1) is 13.0. The number of nitrogens with one attached hydrogen (secondary N) is 1. The van der Waals surface area contributed by atoms with E-state index in [9.17, 15) is 4.79 Å². The van der Waals surface area contributed by atoms with E-state index in [1.807, 2.05) is 12.3 Å². The molecule has 98 valence electrons. The number of halogens is 1. The zero-order valence-electron chi connectivity index (χ0n) is 10.1. The zero-order valence-corrected chi connectivity index (χ0v) is 10.9. The number of allylic oxidation sites excluding steroid dienone is 4. The summed E-state index contributed by atoms with van der Waals surface area (Å²) in [5, 5.41) is 11.2. The highest BCUT2D eigenvalue weighted by Crippen LogP contribution is 2.41. The third-order valence-corrected chi connectivity index (χ3v) is 3.75. The molecule has 1 atom stereocenters. The minimum absolute atomic E-state index is 0. The smallest absolute Gasteiger partial charge is 0.409 e. The maximum atomic E-state index is 10.7. The fourth-order valence-electron chi connectivity index (χ4n) is 3.08. The van der Waals surface area contributed by atoms with Crippen LogP contribution in [0.15, 0.2) is 35.3 Å². The number of amides is 1. The van der Waals surface area contributed by atoms with E-state index in [-0.39, 0.29) is 12.4 Å². The van der Waals surface area contributed by atoms with Crippen molar-refractivity contribution in [2.24, 2.45) is 5.92 Å². The molecule has 3 rings (SSSR count). The van der Waals surface area contributed by atoms with Crippen LogP contribution in [-0.4, -0.2) is 22.6 Å². The second kappa shape index (κ2) is 5.06. The summed E-state index contributed by atoms with van der Waals surface area (Å²) in [6.45, 7) is 1.01. The maximum absolute atomic E-state index is 10.7. The highest BCUT2D eigenvalue weighted by molar-refractivity contribution is 5.85. The molecule has 5 heteroatoms. The van der Waals surface area contributed by atoms with E-state index in [1.54, 1.807) is 0 Å². The van der Waals surface area contributed by atoms with Gasteiger partial charge in [-0.3, -0.25) is 5.32 Å². The molecule has 0 aromatic carbocycles. The second-order valence-corrected chi connectivity index (χ2v) is 4.83. The van der Waals surface area contributed by atoms with Crippen molar-refractivity contribution in [2.45, 2.75) is 25.7 Å². The van der Waals surface area contributed by atoms with Crippen LogP contribution in [0, 0.1) is 5.92 Å². The van der Waals surface area contributed by atoms with Crippen LogP contribution in [0.2, 0.25) is 0 Å². The molecular formula is C13H17ClN2O2. The predicted octanol–water partition coefficient (Wildman–Crippen LogP) is 2.85. The molecule has 1 amide bonds. The van der Waals surface area contributed by atoms with E-state index in [0.717, 1.165) is 13.0 Å². The van der Waals surface area contributed by atoms with Gasteiger partial charge in [-0.05, 0) is 37.3 Å². The number of carboxylic acid groups (broad SMARTS) is 1. The highest BCUT2D eigenvalue weighted by Gasteiger charge is 2.32.